The van der Waals surface area contributed by atoms with Gasteiger partial charge in [0.1, 0.15) is 17.6 Å². The van der Waals surface area contributed by atoms with Crippen LogP contribution in [-0.2, 0) is 21.2 Å². The van der Waals surface area contributed by atoms with E-state index in [1.54, 1.807) is 18.2 Å². The molecule has 0 spiro atoms. The van der Waals surface area contributed by atoms with Crippen LogP contribution in [0.15, 0.2) is 41.3 Å². The Morgan fingerprint density at radius 2 is 2.00 bits per heavy atom. The van der Waals surface area contributed by atoms with Gasteiger partial charge in [-0.25, -0.2) is 12.8 Å². The monoisotopic (exact) mass is 486 g/mol. The van der Waals surface area contributed by atoms with Crippen molar-refractivity contribution in [3.63, 3.8) is 0 Å². The topological polar surface area (TPSA) is 126 Å². The highest BCUT2D eigenvalue weighted by atomic mass is 32.2. The maximum Gasteiger partial charge on any atom is 0.309 e. The third-order valence-electron chi connectivity index (χ3n) is 5.94. The van der Waals surface area contributed by atoms with Crippen LogP contribution in [0.2, 0.25) is 0 Å². The second kappa shape index (κ2) is 9.04. The molecule has 0 aliphatic carbocycles. The number of carboxylic acid groups (broad SMARTS) is 1. The van der Waals surface area contributed by atoms with Crippen LogP contribution in [0.3, 0.4) is 0 Å². The van der Waals surface area contributed by atoms with E-state index in [4.69, 9.17) is 4.74 Å². The first kappa shape index (κ1) is 23.7. The van der Waals surface area contributed by atoms with Crippen LogP contribution in [-0.4, -0.2) is 53.3 Å². The molecule has 4 rings (SSSR count). The molecule has 1 aromatic heterocycles. The average molecular weight is 487 g/mol. The van der Waals surface area contributed by atoms with Gasteiger partial charge in [-0.05, 0) is 43.2 Å². The Morgan fingerprint density at radius 1 is 1.29 bits per heavy atom. The number of carboxylic acids is 1. The van der Waals surface area contributed by atoms with Crippen molar-refractivity contribution in [3.8, 4) is 11.8 Å². The van der Waals surface area contributed by atoms with Gasteiger partial charge in [0.05, 0.1) is 40.7 Å². The van der Waals surface area contributed by atoms with Gasteiger partial charge in [-0.3, -0.25) is 9.48 Å². The van der Waals surface area contributed by atoms with Gasteiger partial charge < -0.3 is 9.84 Å². The second-order valence-electron chi connectivity index (χ2n) is 8.19. The van der Waals surface area contributed by atoms with Crippen molar-refractivity contribution in [3.05, 3.63) is 53.5 Å². The Bertz CT molecular complexity index is 1400. The molecule has 1 saturated heterocycles. The van der Waals surface area contributed by atoms with E-state index < -0.39 is 34.3 Å². The summed E-state index contributed by atoms with van der Waals surface area (Å²) in [6.07, 6.45) is -0.407. The number of fused-ring (bicyclic) bond motifs is 1. The van der Waals surface area contributed by atoms with Gasteiger partial charge in [-0.15, -0.1) is 0 Å². The number of nitriles is 1. The fourth-order valence-corrected chi connectivity index (χ4v) is 5.84. The Morgan fingerprint density at radius 3 is 2.62 bits per heavy atom. The Hall–Kier alpha value is -3.49. The highest BCUT2D eigenvalue weighted by molar-refractivity contribution is 7.89. The van der Waals surface area contributed by atoms with Crippen LogP contribution >= 0.6 is 0 Å². The van der Waals surface area contributed by atoms with Crippen LogP contribution < -0.4 is 4.74 Å². The number of rotatable bonds is 7. The molecular weight excluding hydrogens is 463 g/mol. The number of aliphatic carboxylic acids is 1. The smallest absolute Gasteiger partial charge is 0.309 e. The molecule has 0 radical (unpaired) electrons. The molecule has 1 aliphatic rings. The molecule has 2 aromatic carbocycles. The van der Waals surface area contributed by atoms with Crippen LogP contribution in [0, 0.1) is 23.1 Å². The molecule has 178 valence electrons. The molecule has 0 saturated carbocycles. The summed E-state index contributed by atoms with van der Waals surface area (Å²) >= 11 is 0. The Kier molecular flexibility index (Phi) is 6.29. The molecule has 0 bridgehead atoms. The van der Waals surface area contributed by atoms with Gasteiger partial charge >= 0.3 is 5.97 Å². The molecule has 34 heavy (non-hydrogen) atoms. The second-order valence-corrected chi connectivity index (χ2v) is 10.1. The summed E-state index contributed by atoms with van der Waals surface area (Å²) in [7, 11) is -3.80. The summed E-state index contributed by atoms with van der Waals surface area (Å²) in [5, 5.41) is 23.2. The predicted octanol–water partition coefficient (Wildman–Crippen LogP) is 2.95. The van der Waals surface area contributed by atoms with Crippen molar-refractivity contribution in [2.45, 2.75) is 31.2 Å². The summed E-state index contributed by atoms with van der Waals surface area (Å²) in [4.78, 5) is 11.5. The van der Waals surface area contributed by atoms with E-state index in [0.717, 1.165) is 6.07 Å². The fourth-order valence-electron chi connectivity index (χ4n) is 4.28. The van der Waals surface area contributed by atoms with Crippen LogP contribution in [0.5, 0.6) is 5.75 Å². The summed E-state index contributed by atoms with van der Waals surface area (Å²) in [6, 6.07) is 9.94. The molecule has 1 fully saturated rings. The summed E-state index contributed by atoms with van der Waals surface area (Å²) < 4.78 is 49.2. The number of hydrogen-bond donors (Lipinski definition) is 1. The molecular formula is C23H23FN4O5S. The number of carbonyl (C=O) groups is 1. The molecule has 2 atom stereocenters. The van der Waals surface area contributed by atoms with Crippen molar-refractivity contribution in [2.24, 2.45) is 5.92 Å². The quantitative estimate of drug-likeness (QED) is 0.544. The van der Waals surface area contributed by atoms with E-state index in [0.29, 0.717) is 23.3 Å². The molecule has 11 heteroatoms. The number of ether oxygens (including phenoxy) is 1. The first-order valence-corrected chi connectivity index (χ1v) is 12.1. The molecule has 0 amide bonds. The largest absolute Gasteiger partial charge is 0.494 e. The van der Waals surface area contributed by atoms with Crippen molar-refractivity contribution >= 4 is 26.9 Å². The molecule has 9 nitrogen and oxygen atoms in total. The summed E-state index contributed by atoms with van der Waals surface area (Å²) in [5.41, 5.74) is 0.307. The normalized spacial score (nSPS) is 18.8. The van der Waals surface area contributed by atoms with Crippen LogP contribution in [0.25, 0.3) is 10.9 Å². The number of sulfonamides is 1. The first-order valence-electron chi connectivity index (χ1n) is 10.7. The van der Waals surface area contributed by atoms with Crippen molar-refractivity contribution in [1.29, 1.82) is 5.26 Å². The molecule has 1 N–H and O–H groups in total. The lowest BCUT2D eigenvalue weighted by Crippen LogP contribution is -2.29. The van der Waals surface area contributed by atoms with E-state index in [2.05, 4.69) is 5.10 Å². The highest BCUT2D eigenvalue weighted by Gasteiger charge is 2.39. The number of nitrogens with zero attached hydrogens (tertiary/aromatic N) is 4. The van der Waals surface area contributed by atoms with Crippen molar-refractivity contribution in [2.75, 3.05) is 19.7 Å². The fraction of sp³-hybridized carbons (Fsp3) is 0.348. The number of aromatic nitrogens is 2. The van der Waals surface area contributed by atoms with Crippen LogP contribution in [0.1, 0.15) is 31.1 Å². The average Bonchev–Trinajstić information content (AvgIpc) is 3.34. The predicted molar refractivity (Wildman–Crippen MR) is 120 cm³/mol. The third kappa shape index (κ3) is 4.22. The minimum Gasteiger partial charge on any atom is -0.494 e. The van der Waals surface area contributed by atoms with Gasteiger partial charge in [-0.1, -0.05) is 6.92 Å². The first-order chi connectivity index (χ1) is 16.1. The standard InChI is InChI=1S/C23H23FN4O5S/c1-3-33-16-4-6-17(7-5-16)34(31,32)27-12-14(2)22(13-27)28-21-9-19(24)15(11-25)8-18(21)20(26-28)10-23(29)30/h4-9,14,22H,3,10,12-13H2,1-2H3,(H,29,30)/t14-,22+/m1/s1. The molecule has 2 heterocycles. The van der Waals surface area contributed by atoms with E-state index >= 15 is 0 Å². The van der Waals surface area contributed by atoms with Crippen molar-refractivity contribution < 1.29 is 27.4 Å². The molecule has 3 aromatic rings. The zero-order valence-corrected chi connectivity index (χ0v) is 19.4. The van der Waals surface area contributed by atoms with Gasteiger partial charge in [0.2, 0.25) is 10.0 Å². The zero-order valence-electron chi connectivity index (χ0n) is 18.6. The highest BCUT2D eigenvalue weighted by Crippen LogP contribution is 2.35. The molecule has 1 aliphatic heterocycles. The van der Waals surface area contributed by atoms with Gasteiger partial charge in [-0.2, -0.15) is 14.7 Å². The van der Waals surface area contributed by atoms with E-state index in [1.165, 1.54) is 27.2 Å². The summed E-state index contributed by atoms with van der Waals surface area (Å²) in [5.74, 6) is -1.48. The van der Waals surface area contributed by atoms with Gasteiger partial charge in [0.15, 0.2) is 0 Å². The third-order valence-corrected chi connectivity index (χ3v) is 7.78. The van der Waals surface area contributed by atoms with E-state index in [1.807, 2.05) is 13.8 Å². The van der Waals surface area contributed by atoms with Gasteiger partial charge in [0.25, 0.3) is 0 Å². The maximum atomic E-state index is 14.4. The van der Waals surface area contributed by atoms with Crippen LogP contribution in [0.4, 0.5) is 4.39 Å². The number of halogens is 1. The minimum absolute atomic E-state index is 0.0849. The summed E-state index contributed by atoms with van der Waals surface area (Å²) in [6.45, 7) is 4.47. The van der Waals surface area contributed by atoms with Crippen molar-refractivity contribution in [1.82, 2.24) is 14.1 Å². The number of benzene rings is 2. The number of hydrogen-bond acceptors (Lipinski definition) is 6. The van der Waals surface area contributed by atoms with E-state index in [9.17, 15) is 28.0 Å². The lowest BCUT2D eigenvalue weighted by molar-refractivity contribution is -0.136. The van der Waals surface area contributed by atoms with E-state index in [-0.39, 0.29) is 35.2 Å². The Balaban J connectivity index is 1.70. The van der Waals surface area contributed by atoms with Gasteiger partial charge in [0, 0.05) is 24.5 Å². The maximum absolute atomic E-state index is 14.4. The zero-order chi connectivity index (χ0) is 24.6. The lowest BCUT2D eigenvalue weighted by atomic mass is 10.1. The minimum atomic E-state index is -3.80. The molecule has 0 unspecified atom stereocenters. The SMILES string of the molecule is CCOc1ccc(S(=O)(=O)N2C[C@@H](C)[C@@H](n3nc(CC(=O)O)c4cc(C#N)c(F)cc43)C2)cc1. The lowest BCUT2D eigenvalue weighted by Gasteiger charge is -2.18. The Labute approximate surface area is 196 Å².